The van der Waals surface area contributed by atoms with Crippen molar-refractivity contribution in [2.24, 2.45) is 4.99 Å². The second kappa shape index (κ2) is 4.79. The quantitative estimate of drug-likeness (QED) is 0.356. The number of rotatable bonds is 2. The number of isocyanates is 1. The van der Waals surface area contributed by atoms with Gasteiger partial charge in [-0.2, -0.15) is 0 Å². The second-order valence-electron chi connectivity index (χ2n) is 2.46. The molecule has 1 rings (SSSR count). The van der Waals surface area contributed by atoms with E-state index in [0.29, 0.717) is 0 Å². The summed E-state index contributed by atoms with van der Waals surface area (Å²) in [5.74, 6) is -3.98. The predicted molar refractivity (Wildman–Crippen MR) is 50.9 cm³/mol. The lowest BCUT2D eigenvalue weighted by molar-refractivity contribution is 0.483. The third-order valence-electron chi connectivity index (χ3n) is 1.60. The van der Waals surface area contributed by atoms with Gasteiger partial charge < -0.3 is 0 Å². The summed E-state index contributed by atoms with van der Waals surface area (Å²) in [6.45, 7) is -0.513. The van der Waals surface area contributed by atoms with Gasteiger partial charge in [-0.3, -0.25) is 0 Å². The van der Waals surface area contributed by atoms with Crippen LogP contribution in [-0.4, -0.2) is 6.08 Å². The Bertz CT molecular complexity index is 431. The van der Waals surface area contributed by atoms with Crippen molar-refractivity contribution in [3.8, 4) is 0 Å². The topological polar surface area (TPSA) is 29.4 Å². The van der Waals surface area contributed by atoms with Crippen LogP contribution in [0.25, 0.3) is 0 Å². The Balaban J connectivity index is 3.44. The molecule has 0 aliphatic rings. The summed E-state index contributed by atoms with van der Waals surface area (Å²) in [4.78, 5) is 12.8. The zero-order valence-electron chi connectivity index (χ0n) is 6.95. The van der Waals surface area contributed by atoms with E-state index in [2.05, 4.69) is 20.9 Å². The highest BCUT2D eigenvalue weighted by Crippen LogP contribution is 2.32. The first-order valence-electron chi connectivity index (χ1n) is 3.54. The van der Waals surface area contributed by atoms with Crippen LogP contribution in [0.3, 0.4) is 0 Å². The van der Waals surface area contributed by atoms with Gasteiger partial charge in [0.2, 0.25) is 6.08 Å². The summed E-state index contributed by atoms with van der Waals surface area (Å²) >= 11 is 7.86. The highest BCUT2D eigenvalue weighted by Gasteiger charge is 2.22. The molecule has 1 aromatic rings. The number of halogens is 5. The fraction of sp³-hybridized carbons (Fsp3) is 0.125. The maximum atomic E-state index is 13.2. The normalized spacial score (nSPS) is 9.93. The van der Waals surface area contributed by atoms with Crippen molar-refractivity contribution in [2.45, 2.75) is 6.54 Å². The van der Waals surface area contributed by atoms with E-state index in [1.165, 1.54) is 0 Å². The largest absolute Gasteiger partial charge is 0.235 e. The molecule has 0 saturated heterocycles. The summed E-state index contributed by atoms with van der Waals surface area (Å²) in [6, 6.07) is 0. The summed E-state index contributed by atoms with van der Waals surface area (Å²) in [5.41, 5.74) is -0.419. The van der Waals surface area contributed by atoms with Crippen LogP contribution >= 0.6 is 27.5 Å². The van der Waals surface area contributed by atoms with Crippen molar-refractivity contribution in [3.63, 3.8) is 0 Å². The summed E-state index contributed by atoms with van der Waals surface area (Å²) in [6.07, 6.45) is 1.13. The van der Waals surface area contributed by atoms with Gasteiger partial charge in [0.1, 0.15) is 5.02 Å². The molecule has 0 spiro atoms. The zero-order chi connectivity index (χ0) is 11.6. The van der Waals surface area contributed by atoms with E-state index >= 15 is 0 Å². The Hall–Kier alpha value is -0.840. The molecule has 15 heavy (non-hydrogen) atoms. The fourth-order valence-corrected chi connectivity index (χ4v) is 1.69. The smallest absolute Gasteiger partial charge is 0.211 e. The maximum Gasteiger partial charge on any atom is 0.235 e. The molecule has 0 aliphatic carbocycles. The Morgan fingerprint density at radius 1 is 1.27 bits per heavy atom. The molecule has 0 amide bonds. The lowest BCUT2D eigenvalue weighted by Crippen LogP contribution is -2.00. The van der Waals surface area contributed by atoms with Crippen LogP contribution in [0.1, 0.15) is 5.56 Å². The summed E-state index contributed by atoms with van der Waals surface area (Å²) in [7, 11) is 0. The van der Waals surface area contributed by atoms with Crippen LogP contribution in [-0.2, 0) is 11.3 Å². The molecule has 0 heterocycles. The highest BCUT2D eigenvalue weighted by atomic mass is 79.9. The Morgan fingerprint density at radius 2 is 1.87 bits per heavy atom. The number of aliphatic imine (C=N–C) groups is 1. The Kier molecular flexibility index (Phi) is 3.90. The van der Waals surface area contributed by atoms with Crippen molar-refractivity contribution >= 4 is 33.6 Å². The van der Waals surface area contributed by atoms with E-state index in [4.69, 9.17) is 11.6 Å². The third kappa shape index (κ3) is 2.22. The lowest BCUT2D eigenvalue weighted by Gasteiger charge is -2.06. The number of nitrogens with zero attached hydrogens (tertiary/aromatic N) is 1. The van der Waals surface area contributed by atoms with Crippen LogP contribution in [0.5, 0.6) is 0 Å². The van der Waals surface area contributed by atoms with Crippen LogP contribution in [0.15, 0.2) is 9.47 Å². The first kappa shape index (κ1) is 12.2. The summed E-state index contributed by atoms with van der Waals surface area (Å²) in [5, 5.41) is -0.946. The minimum absolute atomic E-state index is 0.356. The molecule has 0 fully saturated rings. The second-order valence-corrected chi connectivity index (χ2v) is 3.63. The number of hydrogen-bond acceptors (Lipinski definition) is 2. The average molecular weight is 300 g/mol. The lowest BCUT2D eigenvalue weighted by atomic mass is 10.2. The number of carbonyl (C=O) groups excluding carboxylic acids is 1. The SMILES string of the molecule is O=C=NCc1c(F)c(F)c(Cl)c(F)c1Br. The molecule has 0 radical (unpaired) electrons. The molecule has 0 unspecified atom stereocenters. The van der Waals surface area contributed by atoms with Gasteiger partial charge in [-0.25, -0.2) is 23.0 Å². The van der Waals surface area contributed by atoms with Crippen molar-refractivity contribution in [3.05, 3.63) is 32.5 Å². The van der Waals surface area contributed by atoms with Crippen molar-refractivity contribution < 1.29 is 18.0 Å². The van der Waals surface area contributed by atoms with E-state index < -0.39 is 34.6 Å². The zero-order valence-corrected chi connectivity index (χ0v) is 9.29. The molecular weight excluding hydrogens is 298 g/mol. The molecule has 0 bridgehead atoms. The highest BCUT2D eigenvalue weighted by molar-refractivity contribution is 9.10. The van der Waals surface area contributed by atoms with Crippen LogP contribution < -0.4 is 0 Å². The fourth-order valence-electron chi connectivity index (χ4n) is 0.901. The monoisotopic (exact) mass is 299 g/mol. The van der Waals surface area contributed by atoms with Crippen molar-refractivity contribution in [2.75, 3.05) is 0 Å². The van der Waals surface area contributed by atoms with E-state index in [9.17, 15) is 18.0 Å². The maximum absolute atomic E-state index is 13.2. The Morgan fingerprint density at radius 3 is 2.40 bits per heavy atom. The van der Waals surface area contributed by atoms with Gasteiger partial charge >= 0.3 is 0 Å². The molecule has 0 N–H and O–H groups in total. The number of hydrogen-bond donors (Lipinski definition) is 0. The minimum atomic E-state index is -1.51. The van der Waals surface area contributed by atoms with E-state index in [1.807, 2.05) is 0 Å². The van der Waals surface area contributed by atoms with Crippen LogP contribution in [0.4, 0.5) is 13.2 Å². The van der Waals surface area contributed by atoms with Crippen molar-refractivity contribution in [1.82, 2.24) is 0 Å². The molecule has 0 atom stereocenters. The molecule has 2 nitrogen and oxygen atoms in total. The van der Waals surface area contributed by atoms with E-state index in [-0.39, 0.29) is 4.47 Å². The summed E-state index contributed by atoms with van der Waals surface area (Å²) < 4.78 is 38.9. The van der Waals surface area contributed by atoms with Gasteiger partial charge in [0.15, 0.2) is 17.5 Å². The van der Waals surface area contributed by atoms with Crippen molar-refractivity contribution in [1.29, 1.82) is 0 Å². The predicted octanol–water partition coefficient (Wildman–Crippen LogP) is 3.36. The first-order valence-corrected chi connectivity index (χ1v) is 4.71. The Labute approximate surface area is 95.9 Å². The molecular formula is C8H2BrClF3NO. The van der Waals surface area contributed by atoms with Gasteiger partial charge in [0.05, 0.1) is 11.0 Å². The minimum Gasteiger partial charge on any atom is -0.211 e. The van der Waals surface area contributed by atoms with Gasteiger partial charge in [-0.05, 0) is 15.9 Å². The molecule has 80 valence electrons. The van der Waals surface area contributed by atoms with Gasteiger partial charge in [-0.15, -0.1) is 0 Å². The number of benzene rings is 1. The average Bonchev–Trinajstić information content (AvgIpc) is 2.24. The van der Waals surface area contributed by atoms with Crippen LogP contribution in [0, 0.1) is 17.5 Å². The first-order chi connectivity index (χ1) is 7.00. The van der Waals surface area contributed by atoms with Gasteiger partial charge in [0.25, 0.3) is 0 Å². The van der Waals surface area contributed by atoms with Gasteiger partial charge in [-0.1, -0.05) is 11.6 Å². The molecule has 7 heteroatoms. The molecule has 0 aliphatic heterocycles. The standard InChI is InChI=1S/C8H2BrClF3NO/c9-4-3(1-14-2-15)6(11)8(13)5(10)7(4)12/h1H2. The third-order valence-corrected chi connectivity index (χ3v) is 2.76. The molecule has 0 saturated carbocycles. The van der Waals surface area contributed by atoms with Gasteiger partial charge in [0, 0.05) is 5.56 Å². The van der Waals surface area contributed by atoms with E-state index in [0.717, 1.165) is 6.08 Å². The molecule has 1 aromatic carbocycles. The molecule has 0 aromatic heterocycles. The van der Waals surface area contributed by atoms with E-state index in [1.54, 1.807) is 0 Å². The van der Waals surface area contributed by atoms with Crippen LogP contribution in [0.2, 0.25) is 5.02 Å².